The van der Waals surface area contributed by atoms with Crippen LogP contribution in [0.3, 0.4) is 0 Å². The van der Waals surface area contributed by atoms with Gasteiger partial charge >= 0.3 is 5.97 Å². The third-order valence-corrected chi connectivity index (χ3v) is 6.80. The average Bonchev–Trinajstić information content (AvgIpc) is 3.23. The van der Waals surface area contributed by atoms with Crippen LogP contribution in [-0.2, 0) is 9.59 Å². The lowest BCUT2D eigenvalue weighted by molar-refractivity contribution is -0.137. The second-order valence-electron chi connectivity index (χ2n) is 7.74. The van der Waals surface area contributed by atoms with E-state index in [1.165, 1.54) is 11.3 Å². The molecule has 6 heteroatoms. The Morgan fingerprint density at radius 3 is 2.76 bits per heavy atom. The molecule has 1 heterocycles. The number of alkyl halides is 1. The first-order valence-electron chi connectivity index (χ1n) is 10.2. The second-order valence-corrected chi connectivity index (χ2v) is 8.85. The second kappa shape index (κ2) is 10.1. The highest BCUT2D eigenvalue weighted by Crippen LogP contribution is 2.37. The molecule has 2 N–H and O–H groups in total. The molecule has 0 aliphatic heterocycles. The van der Waals surface area contributed by atoms with E-state index in [9.17, 15) is 19.1 Å². The fourth-order valence-electron chi connectivity index (χ4n) is 4.03. The van der Waals surface area contributed by atoms with Crippen molar-refractivity contribution < 1.29 is 24.2 Å². The van der Waals surface area contributed by atoms with E-state index < -0.39 is 24.2 Å². The van der Waals surface area contributed by atoms with Gasteiger partial charge in [-0.05, 0) is 30.4 Å². The maximum Gasteiger partial charge on any atom is 0.303 e. The number of thiophene rings is 1. The van der Waals surface area contributed by atoms with E-state index >= 15 is 0 Å². The number of aliphatic hydroxyl groups is 1. The Hall–Kier alpha value is -2.05. The van der Waals surface area contributed by atoms with Crippen LogP contribution < -0.4 is 0 Å². The number of halogens is 1. The lowest BCUT2D eigenvalue weighted by atomic mass is 9.88. The van der Waals surface area contributed by atoms with Gasteiger partial charge in [-0.15, -0.1) is 11.3 Å². The number of unbranched alkanes of at least 4 members (excludes halogenated alkanes) is 3. The number of hydrogen-bond acceptors (Lipinski definition) is 4. The molecular weight excluding hydrogens is 391 g/mol. The largest absolute Gasteiger partial charge is 0.481 e. The number of Topliss-reactive ketones (excluding diaryl/α,β-unsaturated/α-hetero) is 1. The molecule has 4 nitrogen and oxygen atoms in total. The molecule has 2 aromatic rings. The van der Waals surface area contributed by atoms with Gasteiger partial charge < -0.3 is 10.2 Å². The molecule has 1 aliphatic carbocycles. The number of carbonyl (C=O) groups excluding carboxylic acids is 1. The van der Waals surface area contributed by atoms with Crippen LogP contribution in [0, 0.1) is 11.8 Å². The lowest BCUT2D eigenvalue weighted by Crippen LogP contribution is -2.17. The molecule has 0 amide bonds. The Morgan fingerprint density at radius 2 is 2.00 bits per heavy atom. The summed E-state index contributed by atoms with van der Waals surface area (Å²) in [5, 5.41) is 20.2. The van der Waals surface area contributed by atoms with Gasteiger partial charge in [0.1, 0.15) is 18.1 Å². The van der Waals surface area contributed by atoms with E-state index in [1.54, 1.807) is 12.2 Å². The van der Waals surface area contributed by atoms with Gasteiger partial charge in [0.15, 0.2) is 0 Å². The third-order valence-electron chi connectivity index (χ3n) is 5.61. The Morgan fingerprint density at radius 1 is 1.24 bits per heavy atom. The number of carboxylic acids is 1. The molecule has 3 rings (SSSR count). The number of ketones is 1. The van der Waals surface area contributed by atoms with Gasteiger partial charge in [0.05, 0.1) is 0 Å². The normalized spacial score (nSPS) is 23.2. The smallest absolute Gasteiger partial charge is 0.303 e. The van der Waals surface area contributed by atoms with Gasteiger partial charge in [-0.25, -0.2) is 4.39 Å². The average molecular weight is 419 g/mol. The standard InChI is InChI=1S/C23H27FO4S/c24-18-14-20(26)17(16(18)8-3-1-2-4-10-23(27)28)11-12-19(25)22-13-15-7-5-6-9-21(15)29-22/h5-7,9,11-13,16-19,25H,1-4,8,10,14H2,(H,27,28)/b12-11+/t16-,17-,18-,19-/m1/s1. The summed E-state index contributed by atoms with van der Waals surface area (Å²) in [6, 6.07) is 9.84. The molecule has 0 saturated heterocycles. The summed E-state index contributed by atoms with van der Waals surface area (Å²) in [5.74, 6) is -1.74. The monoisotopic (exact) mass is 418 g/mol. The topological polar surface area (TPSA) is 74.6 Å². The van der Waals surface area contributed by atoms with Gasteiger partial charge in [-0.2, -0.15) is 0 Å². The Bertz CT molecular complexity index is 842. The number of aliphatic hydroxyl groups excluding tert-OH is 1. The number of benzene rings is 1. The van der Waals surface area contributed by atoms with Gasteiger partial charge in [-0.1, -0.05) is 49.6 Å². The van der Waals surface area contributed by atoms with Crippen molar-refractivity contribution in [1.82, 2.24) is 0 Å². The fourth-order valence-corrected chi connectivity index (χ4v) is 5.06. The van der Waals surface area contributed by atoms with Crippen molar-refractivity contribution in [2.75, 3.05) is 0 Å². The first-order chi connectivity index (χ1) is 14.0. The van der Waals surface area contributed by atoms with Crippen molar-refractivity contribution in [2.24, 2.45) is 11.8 Å². The van der Waals surface area contributed by atoms with E-state index in [4.69, 9.17) is 5.11 Å². The zero-order valence-corrected chi connectivity index (χ0v) is 17.1. The summed E-state index contributed by atoms with van der Waals surface area (Å²) >= 11 is 1.51. The number of aliphatic carboxylic acids is 1. The molecule has 4 atom stereocenters. The highest BCUT2D eigenvalue weighted by atomic mass is 32.1. The van der Waals surface area contributed by atoms with E-state index in [1.807, 2.05) is 30.3 Å². The van der Waals surface area contributed by atoms with Crippen molar-refractivity contribution in [2.45, 2.75) is 57.2 Å². The quantitative estimate of drug-likeness (QED) is 0.397. The molecule has 156 valence electrons. The summed E-state index contributed by atoms with van der Waals surface area (Å²) < 4.78 is 15.5. The van der Waals surface area contributed by atoms with Crippen LogP contribution in [0.4, 0.5) is 4.39 Å². The predicted molar refractivity (Wildman–Crippen MR) is 113 cm³/mol. The molecule has 0 unspecified atom stereocenters. The molecule has 0 spiro atoms. The molecule has 0 radical (unpaired) electrons. The van der Waals surface area contributed by atoms with Crippen LogP contribution >= 0.6 is 11.3 Å². The maximum atomic E-state index is 14.4. The van der Waals surface area contributed by atoms with Crippen molar-refractivity contribution in [3.63, 3.8) is 0 Å². The van der Waals surface area contributed by atoms with Gasteiger partial charge in [0.2, 0.25) is 0 Å². The van der Waals surface area contributed by atoms with Crippen LogP contribution in [0.2, 0.25) is 0 Å². The van der Waals surface area contributed by atoms with Crippen LogP contribution in [0.15, 0.2) is 42.5 Å². The minimum Gasteiger partial charge on any atom is -0.481 e. The maximum absolute atomic E-state index is 14.4. The number of carboxylic acid groups (broad SMARTS) is 1. The highest BCUT2D eigenvalue weighted by Gasteiger charge is 2.40. The highest BCUT2D eigenvalue weighted by molar-refractivity contribution is 7.19. The number of rotatable bonds is 10. The zero-order chi connectivity index (χ0) is 20.8. The summed E-state index contributed by atoms with van der Waals surface area (Å²) in [6.45, 7) is 0. The number of carbonyl (C=O) groups is 2. The summed E-state index contributed by atoms with van der Waals surface area (Å²) in [6.07, 6.45) is 5.11. The van der Waals surface area contributed by atoms with E-state index in [-0.39, 0.29) is 24.5 Å². The molecule has 1 fully saturated rings. The molecule has 1 aliphatic rings. The van der Waals surface area contributed by atoms with Crippen molar-refractivity contribution in [3.05, 3.63) is 47.4 Å². The first-order valence-corrected chi connectivity index (χ1v) is 11.0. The zero-order valence-electron chi connectivity index (χ0n) is 16.3. The SMILES string of the molecule is O=C(O)CCCCCC[C@H]1[C@H](F)CC(=O)[C@@H]1/C=C/[C@@H](O)c1cc2ccccc2s1. The van der Waals surface area contributed by atoms with Gasteiger partial charge in [0.25, 0.3) is 0 Å². The number of allylic oxidation sites excluding steroid dienone is 1. The van der Waals surface area contributed by atoms with Crippen LogP contribution in [-0.4, -0.2) is 28.1 Å². The molecule has 1 aromatic heterocycles. The van der Waals surface area contributed by atoms with Crippen molar-refractivity contribution in [1.29, 1.82) is 0 Å². The number of hydrogen-bond donors (Lipinski definition) is 2. The van der Waals surface area contributed by atoms with Crippen LogP contribution in [0.5, 0.6) is 0 Å². The summed E-state index contributed by atoms with van der Waals surface area (Å²) in [5.41, 5.74) is 0. The minimum absolute atomic E-state index is 0.0579. The Kier molecular flexibility index (Phi) is 7.56. The van der Waals surface area contributed by atoms with Crippen molar-refractivity contribution >= 4 is 33.2 Å². The molecule has 29 heavy (non-hydrogen) atoms. The first kappa shape index (κ1) is 21.7. The third kappa shape index (κ3) is 5.73. The lowest BCUT2D eigenvalue weighted by Gasteiger charge is -2.17. The summed E-state index contributed by atoms with van der Waals surface area (Å²) in [4.78, 5) is 23.6. The van der Waals surface area contributed by atoms with Crippen LogP contribution in [0.25, 0.3) is 10.1 Å². The summed E-state index contributed by atoms with van der Waals surface area (Å²) in [7, 11) is 0. The van der Waals surface area contributed by atoms with E-state index in [0.29, 0.717) is 12.8 Å². The predicted octanol–water partition coefficient (Wildman–Crippen LogP) is 5.46. The van der Waals surface area contributed by atoms with E-state index in [0.717, 1.165) is 34.2 Å². The molecule has 1 saturated carbocycles. The Balaban J connectivity index is 1.56. The molecule has 1 aromatic carbocycles. The Labute approximate surface area is 174 Å². The minimum atomic E-state index is -1.14. The number of fused-ring (bicyclic) bond motifs is 1. The molecule has 0 bridgehead atoms. The molecular formula is C23H27FO4S. The van der Waals surface area contributed by atoms with Gasteiger partial charge in [-0.3, -0.25) is 9.59 Å². The fraction of sp³-hybridized carbons (Fsp3) is 0.478. The van der Waals surface area contributed by atoms with Gasteiger partial charge in [0, 0.05) is 34.3 Å². The van der Waals surface area contributed by atoms with Crippen molar-refractivity contribution in [3.8, 4) is 0 Å². The van der Waals surface area contributed by atoms with E-state index in [2.05, 4.69) is 0 Å². The van der Waals surface area contributed by atoms with Crippen LogP contribution in [0.1, 0.15) is 55.9 Å².